The number of aryl methyl sites for hydroxylation is 1. The second kappa shape index (κ2) is 8.57. The number of nitrogens with two attached hydrogens (primary N) is 1. The minimum Gasteiger partial charge on any atom is -0.364 e. The van der Waals surface area contributed by atoms with E-state index in [0.717, 1.165) is 30.8 Å². The number of pyridine rings is 1. The molecule has 1 aromatic carbocycles. The molecule has 1 fully saturated rings. The highest BCUT2D eigenvalue weighted by atomic mass is 16.2. The van der Waals surface area contributed by atoms with Crippen LogP contribution in [0.3, 0.4) is 0 Å². The van der Waals surface area contributed by atoms with E-state index in [4.69, 9.17) is 10.7 Å². The second-order valence-corrected chi connectivity index (χ2v) is 7.49. The molecule has 1 aliphatic rings. The van der Waals surface area contributed by atoms with Crippen molar-refractivity contribution in [2.45, 2.75) is 25.8 Å². The smallest absolute Gasteiger partial charge is 0.269 e. The Hall–Kier alpha value is -3.72. The summed E-state index contributed by atoms with van der Waals surface area (Å²) in [5.41, 5.74) is 11.6. The number of carbonyl (C=O) groups excluding carboxylic acids is 2. The number of rotatable bonds is 6. The fourth-order valence-corrected chi connectivity index (χ4v) is 3.80. The van der Waals surface area contributed by atoms with Crippen molar-refractivity contribution in [1.29, 1.82) is 0 Å². The Morgan fingerprint density at radius 1 is 1.23 bits per heavy atom. The number of nitrogens with zero attached hydrogens (tertiary/aromatic N) is 3. The Morgan fingerprint density at radius 2 is 2.00 bits per heavy atom. The quantitative estimate of drug-likeness (QED) is 0.485. The van der Waals surface area contributed by atoms with Crippen molar-refractivity contribution >= 4 is 17.6 Å². The van der Waals surface area contributed by atoms with E-state index in [0.29, 0.717) is 22.6 Å². The summed E-state index contributed by atoms with van der Waals surface area (Å²) in [4.78, 5) is 33.7. The number of hydrogen-bond donors (Lipinski definition) is 4. The molecule has 0 aliphatic carbocycles. The number of carbonyl (C=O) groups is 2. The lowest BCUT2D eigenvalue weighted by atomic mass is 10.1. The van der Waals surface area contributed by atoms with E-state index < -0.39 is 5.91 Å². The van der Waals surface area contributed by atoms with E-state index in [2.05, 4.69) is 21.0 Å². The van der Waals surface area contributed by atoms with Crippen LogP contribution in [0.2, 0.25) is 0 Å². The topological polar surface area (TPSA) is 127 Å². The van der Waals surface area contributed by atoms with Crippen molar-refractivity contribution in [2.24, 2.45) is 5.73 Å². The number of benzene rings is 1. The first-order valence-electron chi connectivity index (χ1n) is 10.2. The first kappa shape index (κ1) is 20.5. The maximum absolute atomic E-state index is 12.6. The molecule has 0 spiro atoms. The number of imidazole rings is 1. The molecule has 1 unspecified atom stereocenters. The Balaban J connectivity index is 1.64. The van der Waals surface area contributed by atoms with Gasteiger partial charge in [0, 0.05) is 24.4 Å². The van der Waals surface area contributed by atoms with Gasteiger partial charge in [-0.05, 0) is 56.1 Å². The highest BCUT2D eigenvalue weighted by Gasteiger charge is 2.28. The average molecular weight is 419 g/mol. The Morgan fingerprint density at radius 3 is 2.61 bits per heavy atom. The molecule has 2 aromatic heterocycles. The van der Waals surface area contributed by atoms with Gasteiger partial charge < -0.3 is 21.8 Å². The number of nitrogens with one attached hydrogen (secondary N) is 3. The van der Waals surface area contributed by atoms with Crippen molar-refractivity contribution in [1.82, 2.24) is 20.0 Å². The summed E-state index contributed by atoms with van der Waals surface area (Å²) in [5.74, 6) is 0.368. The number of aromatic nitrogens is 3. The molecule has 3 aromatic rings. The van der Waals surface area contributed by atoms with Gasteiger partial charge in [0.2, 0.25) is 0 Å². The van der Waals surface area contributed by atoms with E-state index in [1.165, 1.54) is 0 Å². The lowest BCUT2D eigenvalue weighted by Gasteiger charge is -2.13. The van der Waals surface area contributed by atoms with E-state index in [1.54, 1.807) is 48.3 Å². The summed E-state index contributed by atoms with van der Waals surface area (Å²) in [6.45, 7) is 2.84. The number of primary amides is 1. The minimum atomic E-state index is -0.576. The summed E-state index contributed by atoms with van der Waals surface area (Å²) >= 11 is 0. The summed E-state index contributed by atoms with van der Waals surface area (Å²) in [6, 6.07) is 10.6. The van der Waals surface area contributed by atoms with Crippen molar-refractivity contribution in [3.05, 3.63) is 65.2 Å². The zero-order valence-corrected chi connectivity index (χ0v) is 17.5. The molecule has 1 atom stereocenters. The van der Waals surface area contributed by atoms with Crippen LogP contribution in [-0.4, -0.2) is 40.1 Å². The van der Waals surface area contributed by atoms with E-state index >= 15 is 0 Å². The maximum atomic E-state index is 12.6. The zero-order valence-electron chi connectivity index (χ0n) is 17.5. The Bertz CT molecular complexity index is 1120. The molecular formula is C22H25N7O2. The van der Waals surface area contributed by atoms with Gasteiger partial charge >= 0.3 is 0 Å². The lowest BCUT2D eigenvalue weighted by Crippen LogP contribution is -2.26. The van der Waals surface area contributed by atoms with Gasteiger partial charge in [-0.3, -0.25) is 9.59 Å². The molecule has 4 rings (SSSR count). The molecule has 3 heterocycles. The molecule has 0 bridgehead atoms. The monoisotopic (exact) mass is 419 g/mol. The van der Waals surface area contributed by atoms with Gasteiger partial charge in [-0.25, -0.2) is 14.6 Å². The standard InChI is InChI=1S/C22H25N7O2/c1-13-9-11-26-17(12-13)27-22(31)15-7-5-14(6-8-15)18-19(20(23)30)29(24-2)21(28-18)16-4-3-10-25-16/h5-9,11-12,16,24-25H,3-4,10H2,1-2H3,(H2,23,30)(H,26,27,31). The molecule has 160 valence electrons. The molecule has 1 aliphatic heterocycles. The van der Waals surface area contributed by atoms with Gasteiger partial charge in [-0.1, -0.05) is 12.1 Å². The van der Waals surface area contributed by atoms with E-state index in [-0.39, 0.29) is 17.6 Å². The van der Waals surface area contributed by atoms with E-state index in [9.17, 15) is 9.59 Å². The van der Waals surface area contributed by atoms with Gasteiger partial charge in [0.15, 0.2) is 5.69 Å². The molecule has 0 saturated carbocycles. The van der Waals surface area contributed by atoms with Crippen LogP contribution in [0.5, 0.6) is 0 Å². The van der Waals surface area contributed by atoms with Gasteiger partial charge in [-0.15, -0.1) is 0 Å². The third kappa shape index (κ3) is 4.13. The number of hydrogen-bond acceptors (Lipinski definition) is 6. The van der Waals surface area contributed by atoms with Crippen LogP contribution in [-0.2, 0) is 0 Å². The second-order valence-electron chi connectivity index (χ2n) is 7.49. The Labute approximate surface area is 180 Å². The van der Waals surface area contributed by atoms with Crippen LogP contribution >= 0.6 is 0 Å². The minimum absolute atomic E-state index is 0.0474. The van der Waals surface area contributed by atoms with Crippen molar-refractivity contribution in [2.75, 3.05) is 24.3 Å². The molecular weight excluding hydrogens is 394 g/mol. The van der Waals surface area contributed by atoms with Crippen LogP contribution < -0.4 is 21.8 Å². The Kier molecular flexibility index (Phi) is 5.68. The fraction of sp³-hybridized carbons (Fsp3) is 0.273. The molecule has 5 N–H and O–H groups in total. The third-order valence-corrected chi connectivity index (χ3v) is 5.31. The SMILES string of the molecule is CNn1c(C2CCCN2)nc(-c2ccc(C(=O)Nc3cc(C)ccn3)cc2)c1C(N)=O. The summed E-state index contributed by atoms with van der Waals surface area (Å²) < 4.78 is 1.64. The van der Waals surface area contributed by atoms with Crippen molar-refractivity contribution in [3.63, 3.8) is 0 Å². The van der Waals surface area contributed by atoms with Crippen molar-refractivity contribution in [3.8, 4) is 11.3 Å². The first-order chi connectivity index (χ1) is 15.0. The normalized spacial score (nSPS) is 15.6. The third-order valence-electron chi connectivity index (χ3n) is 5.31. The largest absolute Gasteiger partial charge is 0.364 e. The molecule has 2 amide bonds. The molecule has 9 heteroatoms. The van der Waals surface area contributed by atoms with Gasteiger partial charge in [0.05, 0.1) is 6.04 Å². The molecule has 9 nitrogen and oxygen atoms in total. The van der Waals surface area contributed by atoms with Crippen molar-refractivity contribution < 1.29 is 9.59 Å². The van der Waals surface area contributed by atoms with Crippen LogP contribution in [0.4, 0.5) is 5.82 Å². The molecule has 0 radical (unpaired) electrons. The molecule has 1 saturated heterocycles. The zero-order chi connectivity index (χ0) is 22.0. The predicted octanol–water partition coefficient (Wildman–Crippen LogP) is 2.20. The number of anilines is 1. The highest BCUT2D eigenvalue weighted by Crippen LogP contribution is 2.29. The number of amides is 2. The molecule has 31 heavy (non-hydrogen) atoms. The lowest BCUT2D eigenvalue weighted by molar-refractivity contribution is 0.0991. The van der Waals surface area contributed by atoms with E-state index in [1.807, 2.05) is 13.0 Å². The van der Waals surface area contributed by atoms with Crippen LogP contribution in [0.15, 0.2) is 42.6 Å². The highest BCUT2D eigenvalue weighted by molar-refractivity contribution is 6.04. The predicted molar refractivity (Wildman–Crippen MR) is 118 cm³/mol. The summed E-state index contributed by atoms with van der Waals surface area (Å²) in [7, 11) is 1.73. The average Bonchev–Trinajstić information content (AvgIpc) is 3.41. The van der Waals surface area contributed by atoms with Gasteiger partial charge in [-0.2, -0.15) is 0 Å². The maximum Gasteiger partial charge on any atom is 0.269 e. The van der Waals surface area contributed by atoms with Gasteiger partial charge in [0.25, 0.3) is 11.8 Å². The van der Waals surface area contributed by atoms with Gasteiger partial charge in [0.1, 0.15) is 17.3 Å². The van der Waals surface area contributed by atoms with Crippen LogP contribution in [0, 0.1) is 6.92 Å². The summed E-state index contributed by atoms with van der Waals surface area (Å²) in [5, 5.41) is 6.18. The van der Waals surface area contributed by atoms with Crippen LogP contribution in [0.25, 0.3) is 11.3 Å². The fourth-order valence-electron chi connectivity index (χ4n) is 3.80. The first-order valence-corrected chi connectivity index (χ1v) is 10.2. The summed E-state index contributed by atoms with van der Waals surface area (Å²) in [6.07, 6.45) is 3.62. The van der Waals surface area contributed by atoms with Crippen LogP contribution in [0.1, 0.15) is 51.1 Å².